The molecule has 1 fully saturated rings. The number of sulfonamides is 1. The number of pyridine rings is 1. The van der Waals surface area contributed by atoms with E-state index >= 15 is 0 Å². The summed E-state index contributed by atoms with van der Waals surface area (Å²) >= 11 is 0. The van der Waals surface area contributed by atoms with Crippen LogP contribution in [0, 0.1) is 6.92 Å². The van der Waals surface area contributed by atoms with Gasteiger partial charge in [0.15, 0.2) is 0 Å². The number of piperazine rings is 1. The third-order valence-electron chi connectivity index (χ3n) is 5.89. The van der Waals surface area contributed by atoms with Crippen LogP contribution in [0.3, 0.4) is 0 Å². The summed E-state index contributed by atoms with van der Waals surface area (Å²) in [6.07, 6.45) is 1.28. The largest absolute Gasteiger partial charge is 0.369 e. The van der Waals surface area contributed by atoms with E-state index in [1.54, 1.807) is 0 Å². The molecule has 11 nitrogen and oxygen atoms in total. The van der Waals surface area contributed by atoms with Crippen molar-refractivity contribution in [3.8, 4) is 0 Å². The highest BCUT2D eigenvalue weighted by Gasteiger charge is 2.29. The number of carbonyl (C=O) groups excluding carboxylic acids is 1. The molecule has 4 rings (SSSR count). The zero-order valence-electron chi connectivity index (χ0n) is 19.2. The number of aryl methyl sites for hydroxylation is 2. The van der Waals surface area contributed by atoms with Crippen molar-refractivity contribution in [3.63, 3.8) is 0 Å². The minimum absolute atomic E-state index is 0.137. The standard InChI is InChI=1S/C22H26N6O5S/c1-15-5-4-6-17(11-15)27-7-9-28(10-8-27)34(32,33)14-19(29)24-16-12-18-20(23-13-16)25(2)22(31)26(3)21(18)30/h4-6,11-13H,7-10,14H2,1-3H3,(H,24,29). The number of nitrogens with zero attached hydrogens (tertiary/aromatic N) is 5. The van der Waals surface area contributed by atoms with Crippen LogP contribution >= 0.6 is 0 Å². The van der Waals surface area contributed by atoms with E-state index in [9.17, 15) is 22.8 Å². The van der Waals surface area contributed by atoms with Crippen molar-refractivity contribution in [3.05, 3.63) is 62.9 Å². The molecular formula is C22H26N6O5S. The smallest absolute Gasteiger partial charge is 0.332 e. The number of hydrogen-bond donors (Lipinski definition) is 1. The maximum atomic E-state index is 12.8. The van der Waals surface area contributed by atoms with Crippen LogP contribution in [0.5, 0.6) is 0 Å². The third kappa shape index (κ3) is 4.59. The lowest BCUT2D eigenvalue weighted by Gasteiger charge is -2.35. The molecule has 1 aromatic carbocycles. The van der Waals surface area contributed by atoms with Crippen molar-refractivity contribution in [1.82, 2.24) is 18.4 Å². The van der Waals surface area contributed by atoms with Crippen LogP contribution in [0.15, 0.2) is 46.1 Å². The maximum absolute atomic E-state index is 12.8. The van der Waals surface area contributed by atoms with Crippen LogP contribution in [-0.4, -0.2) is 64.7 Å². The van der Waals surface area contributed by atoms with Crippen LogP contribution in [0.1, 0.15) is 5.56 Å². The summed E-state index contributed by atoms with van der Waals surface area (Å²) in [5.41, 5.74) is 1.45. The molecule has 0 saturated carbocycles. The molecule has 1 saturated heterocycles. The molecule has 34 heavy (non-hydrogen) atoms. The van der Waals surface area contributed by atoms with Crippen molar-refractivity contribution < 1.29 is 13.2 Å². The SMILES string of the molecule is Cc1cccc(N2CCN(S(=O)(=O)CC(=O)Nc3cnc4c(c3)c(=O)n(C)c(=O)n4C)CC2)c1. The molecule has 2 aromatic heterocycles. The predicted molar refractivity (Wildman–Crippen MR) is 130 cm³/mol. The summed E-state index contributed by atoms with van der Waals surface area (Å²) in [6.45, 7) is 3.63. The number of amides is 1. The predicted octanol–water partition coefficient (Wildman–Crippen LogP) is 0.0311. The Kier molecular flexibility index (Phi) is 6.28. The highest BCUT2D eigenvalue weighted by atomic mass is 32.2. The van der Waals surface area contributed by atoms with Gasteiger partial charge in [0.05, 0.1) is 17.3 Å². The van der Waals surface area contributed by atoms with Crippen molar-refractivity contribution in [2.75, 3.05) is 42.1 Å². The fourth-order valence-electron chi connectivity index (χ4n) is 4.04. The van der Waals surface area contributed by atoms with E-state index in [2.05, 4.69) is 21.3 Å². The Balaban J connectivity index is 1.43. The zero-order valence-corrected chi connectivity index (χ0v) is 20.0. The van der Waals surface area contributed by atoms with Gasteiger partial charge in [0.2, 0.25) is 15.9 Å². The molecule has 1 aliphatic heterocycles. The van der Waals surface area contributed by atoms with Gasteiger partial charge in [-0.1, -0.05) is 12.1 Å². The normalized spacial score (nSPS) is 15.0. The molecule has 3 heterocycles. The first-order valence-electron chi connectivity index (χ1n) is 10.7. The van der Waals surface area contributed by atoms with Gasteiger partial charge in [0, 0.05) is 46.0 Å². The van der Waals surface area contributed by atoms with Gasteiger partial charge in [-0.2, -0.15) is 4.31 Å². The fraction of sp³-hybridized carbons (Fsp3) is 0.364. The van der Waals surface area contributed by atoms with Crippen LogP contribution < -0.4 is 21.5 Å². The lowest BCUT2D eigenvalue weighted by Crippen LogP contribution is -2.50. The first-order valence-corrected chi connectivity index (χ1v) is 12.3. The van der Waals surface area contributed by atoms with E-state index in [1.807, 2.05) is 25.1 Å². The van der Waals surface area contributed by atoms with Gasteiger partial charge in [0.25, 0.3) is 5.56 Å². The van der Waals surface area contributed by atoms with E-state index in [0.717, 1.165) is 15.8 Å². The van der Waals surface area contributed by atoms with Crippen LogP contribution in [0.25, 0.3) is 11.0 Å². The van der Waals surface area contributed by atoms with Gasteiger partial charge < -0.3 is 10.2 Å². The molecule has 1 aliphatic rings. The molecule has 180 valence electrons. The Morgan fingerprint density at radius 2 is 1.76 bits per heavy atom. The van der Waals surface area contributed by atoms with Crippen molar-refractivity contribution in [2.45, 2.75) is 6.92 Å². The average Bonchev–Trinajstić information content (AvgIpc) is 2.81. The summed E-state index contributed by atoms with van der Waals surface area (Å²) in [4.78, 5) is 43.2. The van der Waals surface area contributed by atoms with E-state index < -0.39 is 32.9 Å². The van der Waals surface area contributed by atoms with Crippen molar-refractivity contribution in [1.29, 1.82) is 0 Å². The number of carbonyl (C=O) groups is 1. The second-order valence-electron chi connectivity index (χ2n) is 8.33. The number of aromatic nitrogens is 3. The molecule has 0 bridgehead atoms. The molecule has 0 unspecified atom stereocenters. The lowest BCUT2D eigenvalue weighted by atomic mass is 10.2. The minimum atomic E-state index is -3.82. The number of rotatable bonds is 5. The highest BCUT2D eigenvalue weighted by Crippen LogP contribution is 2.19. The van der Waals surface area contributed by atoms with E-state index in [-0.39, 0.29) is 29.8 Å². The average molecular weight is 487 g/mol. The number of fused-ring (bicyclic) bond motifs is 1. The highest BCUT2D eigenvalue weighted by molar-refractivity contribution is 7.89. The van der Waals surface area contributed by atoms with Crippen molar-refractivity contribution in [2.24, 2.45) is 14.1 Å². The summed E-state index contributed by atoms with van der Waals surface area (Å²) in [7, 11) is -0.989. The fourth-order valence-corrected chi connectivity index (χ4v) is 5.34. The van der Waals surface area contributed by atoms with E-state index in [4.69, 9.17) is 0 Å². The minimum Gasteiger partial charge on any atom is -0.369 e. The molecule has 1 N–H and O–H groups in total. The Morgan fingerprint density at radius 1 is 1.06 bits per heavy atom. The molecule has 3 aromatic rings. The number of nitrogens with one attached hydrogen (secondary N) is 1. The Labute approximate surface area is 196 Å². The second-order valence-corrected chi connectivity index (χ2v) is 10.3. The summed E-state index contributed by atoms with van der Waals surface area (Å²) in [6, 6.07) is 9.41. The van der Waals surface area contributed by atoms with Gasteiger partial charge in [-0.15, -0.1) is 0 Å². The van der Waals surface area contributed by atoms with Gasteiger partial charge in [-0.05, 0) is 30.7 Å². The summed E-state index contributed by atoms with van der Waals surface area (Å²) in [5.74, 6) is -1.45. The summed E-state index contributed by atoms with van der Waals surface area (Å²) in [5, 5.41) is 2.63. The van der Waals surface area contributed by atoms with Crippen LogP contribution in [0.2, 0.25) is 0 Å². The molecule has 12 heteroatoms. The van der Waals surface area contributed by atoms with Gasteiger partial charge in [-0.3, -0.25) is 18.7 Å². The Bertz CT molecular complexity index is 1490. The van der Waals surface area contributed by atoms with Gasteiger partial charge in [0.1, 0.15) is 11.4 Å². The van der Waals surface area contributed by atoms with Crippen molar-refractivity contribution >= 4 is 38.3 Å². The lowest BCUT2D eigenvalue weighted by molar-refractivity contribution is -0.113. The zero-order chi connectivity index (χ0) is 24.6. The quantitative estimate of drug-likeness (QED) is 0.539. The van der Waals surface area contributed by atoms with Crippen LogP contribution in [0.4, 0.5) is 11.4 Å². The Morgan fingerprint density at radius 3 is 2.44 bits per heavy atom. The Hall–Kier alpha value is -3.51. The molecule has 0 aliphatic carbocycles. The van der Waals surface area contributed by atoms with E-state index in [1.165, 1.54) is 35.2 Å². The number of anilines is 2. The monoisotopic (exact) mass is 486 g/mol. The number of benzene rings is 1. The molecule has 1 amide bonds. The molecular weight excluding hydrogens is 460 g/mol. The second kappa shape index (κ2) is 9.03. The number of hydrogen-bond acceptors (Lipinski definition) is 7. The van der Waals surface area contributed by atoms with Crippen LogP contribution in [-0.2, 0) is 28.9 Å². The van der Waals surface area contributed by atoms with Gasteiger partial charge in [-0.25, -0.2) is 18.2 Å². The first-order chi connectivity index (χ1) is 16.1. The first kappa shape index (κ1) is 23.6. The third-order valence-corrected chi connectivity index (χ3v) is 7.67. The van der Waals surface area contributed by atoms with Gasteiger partial charge >= 0.3 is 5.69 Å². The maximum Gasteiger partial charge on any atom is 0.332 e. The van der Waals surface area contributed by atoms with E-state index in [0.29, 0.717) is 13.1 Å². The summed E-state index contributed by atoms with van der Waals surface area (Å²) < 4.78 is 29.1. The molecule has 0 atom stereocenters. The molecule has 0 radical (unpaired) electrons. The molecule has 0 spiro atoms. The topological polar surface area (TPSA) is 127 Å².